The largest absolute Gasteiger partial charge is 0.0651 e. The van der Waals surface area contributed by atoms with E-state index < -0.39 is 0 Å². The Hall–Kier alpha value is -1.56. The summed E-state index contributed by atoms with van der Waals surface area (Å²) < 4.78 is 0. The fourth-order valence-corrected chi connectivity index (χ4v) is 2.95. The maximum absolute atomic E-state index is 2.32. The number of rotatable bonds is 2. The van der Waals surface area contributed by atoms with Gasteiger partial charge < -0.3 is 0 Å². The smallest absolute Gasteiger partial charge is 0.00107 e. The van der Waals surface area contributed by atoms with E-state index >= 15 is 0 Å². The van der Waals surface area contributed by atoms with Gasteiger partial charge in [0, 0.05) is 0 Å². The lowest BCUT2D eigenvalue weighted by Crippen LogP contribution is -1.93. The summed E-state index contributed by atoms with van der Waals surface area (Å²) in [4.78, 5) is 0. The van der Waals surface area contributed by atoms with Gasteiger partial charge in [-0.1, -0.05) is 49.7 Å². The molecule has 0 nitrogen and oxygen atoms in total. The third kappa shape index (κ3) is 1.59. The standard InChI is InChI=1S/C17H18/c1-3-6-13-10-9-12(2)16-11-14-7-4-5-8-15(14)17(13)16/h4-5,7-10H,3,6,11H2,1-2H3. The van der Waals surface area contributed by atoms with Gasteiger partial charge in [0.2, 0.25) is 0 Å². The molecule has 0 amide bonds. The Bertz CT molecular complexity index is 564. The second kappa shape index (κ2) is 4.03. The molecule has 0 saturated carbocycles. The molecule has 0 bridgehead atoms. The molecule has 1 aliphatic rings. The molecule has 0 heteroatoms. The van der Waals surface area contributed by atoms with Gasteiger partial charge in [0.25, 0.3) is 0 Å². The zero-order valence-electron chi connectivity index (χ0n) is 10.6. The van der Waals surface area contributed by atoms with E-state index in [2.05, 4.69) is 50.2 Å². The van der Waals surface area contributed by atoms with Crippen molar-refractivity contribution in [1.29, 1.82) is 0 Å². The average molecular weight is 222 g/mol. The first-order chi connectivity index (χ1) is 8.31. The van der Waals surface area contributed by atoms with E-state index in [-0.39, 0.29) is 0 Å². The molecule has 0 spiro atoms. The van der Waals surface area contributed by atoms with Crippen LogP contribution < -0.4 is 0 Å². The van der Waals surface area contributed by atoms with E-state index in [1.54, 1.807) is 5.56 Å². The summed E-state index contributed by atoms with van der Waals surface area (Å²) in [6.45, 7) is 4.49. The van der Waals surface area contributed by atoms with E-state index in [0.717, 1.165) is 6.42 Å². The number of benzene rings is 2. The molecule has 0 aliphatic heterocycles. The summed E-state index contributed by atoms with van der Waals surface area (Å²) in [7, 11) is 0. The fraction of sp³-hybridized carbons (Fsp3) is 0.294. The summed E-state index contributed by atoms with van der Waals surface area (Å²) in [6, 6.07) is 13.5. The zero-order valence-corrected chi connectivity index (χ0v) is 10.6. The van der Waals surface area contributed by atoms with Crippen LogP contribution in [0.5, 0.6) is 0 Å². The first-order valence-corrected chi connectivity index (χ1v) is 6.51. The number of hydrogen-bond donors (Lipinski definition) is 0. The fourth-order valence-electron chi connectivity index (χ4n) is 2.95. The van der Waals surface area contributed by atoms with Crippen molar-refractivity contribution in [3.05, 3.63) is 58.7 Å². The molecule has 17 heavy (non-hydrogen) atoms. The van der Waals surface area contributed by atoms with Crippen LogP contribution in [0.1, 0.15) is 35.6 Å². The van der Waals surface area contributed by atoms with Gasteiger partial charge in [-0.15, -0.1) is 0 Å². The highest BCUT2D eigenvalue weighted by Gasteiger charge is 2.21. The molecule has 0 saturated heterocycles. The lowest BCUT2D eigenvalue weighted by Gasteiger charge is -2.11. The van der Waals surface area contributed by atoms with Crippen molar-refractivity contribution in [2.45, 2.75) is 33.1 Å². The van der Waals surface area contributed by atoms with Crippen LogP contribution in [0, 0.1) is 6.92 Å². The lowest BCUT2D eigenvalue weighted by atomic mass is 9.94. The van der Waals surface area contributed by atoms with Crippen molar-refractivity contribution in [2.24, 2.45) is 0 Å². The maximum Gasteiger partial charge on any atom is -0.00107 e. The molecule has 0 atom stereocenters. The summed E-state index contributed by atoms with van der Waals surface area (Å²) >= 11 is 0. The van der Waals surface area contributed by atoms with E-state index in [1.807, 2.05) is 0 Å². The normalized spacial score (nSPS) is 12.4. The molecule has 3 rings (SSSR count). The Kier molecular flexibility index (Phi) is 2.51. The third-order valence-corrected chi connectivity index (χ3v) is 3.81. The topological polar surface area (TPSA) is 0 Å². The Labute approximate surface area is 103 Å². The van der Waals surface area contributed by atoms with Crippen molar-refractivity contribution < 1.29 is 0 Å². The molecule has 0 heterocycles. The molecule has 0 aromatic heterocycles. The minimum absolute atomic E-state index is 1.12. The van der Waals surface area contributed by atoms with Gasteiger partial charge in [0.05, 0.1) is 0 Å². The Morgan fingerprint density at radius 3 is 2.71 bits per heavy atom. The molecule has 0 radical (unpaired) electrons. The van der Waals surface area contributed by atoms with Crippen molar-refractivity contribution in [2.75, 3.05) is 0 Å². The Morgan fingerprint density at radius 2 is 1.88 bits per heavy atom. The van der Waals surface area contributed by atoms with Crippen molar-refractivity contribution in [3.8, 4) is 11.1 Å². The number of aryl methyl sites for hydroxylation is 2. The highest BCUT2D eigenvalue weighted by Crippen LogP contribution is 2.40. The molecule has 0 fully saturated rings. The Balaban J connectivity index is 2.25. The number of hydrogen-bond acceptors (Lipinski definition) is 0. The molecular weight excluding hydrogens is 204 g/mol. The molecule has 0 N–H and O–H groups in total. The highest BCUT2D eigenvalue weighted by atomic mass is 14.3. The summed E-state index contributed by atoms with van der Waals surface area (Å²) in [5.74, 6) is 0. The van der Waals surface area contributed by atoms with Gasteiger partial charge >= 0.3 is 0 Å². The van der Waals surface area contributed by atoms with Crippen molar-refractivity contribution in [1.82, 2.24) is 0 Å². The van der Waals surface area contributed by atoms with E-state index in [4.69, 9.17) is 0 Å². The van der Waals surface area contributed by atoms with E-state index in [1.165, 1.54) is 40.7 Å². The van der Waals surface area contributed by atoms with Crippen LogP contribution in [0.25, 0.3) is 11.1 Å². The first-order valence-electron chi connectivity index (χ1n) is 6.51. The van der Waals surface area contributed by atoms with Gasteiger partial charge in [0.15, 0.2) is 0 Å². The molecule has 86 valence electrons. The van der Waals surface area contributed by atoms with Crippen LogP contribution in [0.15, 0.2) is 36.4 Å². The quantitative estimate of drug-likeness (QED) is 0.598. The van der Waals surface area contributed by atoms with Gasteiger partial charge in [-0.2, -0.15) is 0 Å². The monoisotopic (exact) mass is 222 g/mol. The van der Waals surface area contributed by atoms with Crippen molar-refractivity contribution in [3.63, 3.8) is 0 Å². The zero-order chi connectivity index (χ0) is 11.8. The SMILES string of the molecule is CCCc1ccc(C)c2c1-c1ccccc1C2. The molecular formula is C17H18. The first kappa shape index (κ1) is 10.6. The summed E-state index contributed by atoms with van der Waals surface area (Å²) in [5, 5.41) is 0. The number of fused-ring (bicyclic) bond motifs is 3. The lowest BCUT2D eigenvalue weighted by molar-refractivity contribution is 0.922. The molecule has 2 aromatic carbocycles. The van der Waals surface area contributed by atoms with Crippen LogP contribution in [0.2, 0.25) is 0 Å². The van der Waals surface area contributed by atoms with Crippen LogP contribution in [0.4, 0.5) is 0 Å². The minimum atomic E-state index is 1.12. The highest BCUT2D eigenvalue weighted by molar-refractivity contribution is 5.80. The van der Waals surface area contributed by atoms with Gasteiger partial charge in [-0.3, -0.25) is 0 Å². The Morgan fingerprint density at radius 1 is 1.06 bits per heavy atom. The van der Waals surface area contributed by atoms with Crippen LogP contribution >= 0.6 is 0 Å². The van der Waals surface area contributed by atoms with Gasteiger partial charge in [-0.25, -0.2) is 0 Å². The average Bonchev–Trinajstić information content (AvgIpc) is 2.73. The van der Waals surface area contributed by atoms with Crippen LogP contribution in [0.3, 0.4) is 0 Å². The van der Waals surface area contributed by atoms with Crippen LogP contribution in [-0.2, 0) is 12.8 Å². The van der Waals surface area contributed by atoms with Crippen molar-refractivity contribution >= 4 is 0 Å². The van der Waals surface area contributed by atoms with Gasteiger partial charge in [0.1, 0.15) is 0 Å². The molecule has 2 aromatic rings. The molecule has 0 unspecified atom stereocenters. The van der Waals surface area contributed by atoms with E-state index in [9.17, 15) is 0 Å². The summed E-state index contributed by atoms with van der Waals surface area (Å²) in [6.07, 6.45) is 3.53. The van der Waals surface area contributed by atoms with Gasteiger partial charge in [-0.05, 0) is 53.1 Å². The minimum Gasteiger partial charge on any atom is -0.0651 e. The predicted molar refractivity (Wildman–Crippen MR) is 73.4 cm³/mol. The van der Waals surface area contributed by atoms with Crippen LogP contribution in [-0.4, -0.2) is 0 Å². The maximum atomic E-state index is 2.32. The third-order valence-electron chi connectivity index (χ3n) is 3.81. The molecule has 1 aliphatic carbocycles. The summed E-state index contributed by atoms with van der Waals surface area (Å²) in [5.41, 5.74) is 9.01. The second-order valence-electron chi connectivity index (χ2n) is 4.98. The second-order valence-corrected chi connectivity index (χ2v) is 4.98. The van der Waals surface area contributed by atoms with E-state index in [0.29, 0.717) is 0 Å². The predicted octanol–water partition coefficient (Wildman–Crippen LogP) is 4.52.